The van der Waals surface area contributed by atoms with E-state index in [9.17, 15) is 18.8 Å². The summed E-state index contributed by atoms with van der Waals surface area (Å²) in [5.41, 5.74) is 1.51. The molecule has 0 spiro atoms. The number of nitrogens with one attached hydrogen (secondary N) is 4. The number of halogens is 1. The number of carbonyl (C=O) groups is 2. The first-order valence-corrected chi connectivity index (χ1v) is 9.23. The molecule has 1 aliphatic rings. The number of hydrogen-bond acceptors (Lipinski definition) is 5. The highest BCUT2D eigenvalue weighted by Crippen LogP contribution is 2.30. The fraction of sp³-hybridized carbons (Fsp3) is 0.143. The molecule has 0 saturated heterocycles. The SMILES string of the molecule is Cc1ccc(Nc2nc3c(c(=O)[nH]2)C(C(=O)Nc2cccc(F)c2)CC(=O)N3)cc1. The van der Waals surface area contributed by atoms with E-state index in [2.05, 4.69) is 25.9 Å². The van der Waals surface area contributed by atoms with Crippen LogP contribution in [0.1, 0.15) is 23.5 Å². The number of aromatic amines is 1. The molecule has 0 saturated carbocycles. The van der Waals surface area contributed by atoms with E-state index < -0.39 is 29.1 Å². The van der Waals surface area contributed by atoms with Crippen LogP contribution in [0.5, 0.6) is 0 Å². The average Bonchev–Trinajstić information content (AvgIpc) is 2.69. The third-order valence-corrected chi connectivity index (χ3v) is 4.67. The number of fused-ring (bicyclic) bond motifs is 1. The minimum Gasteiger partial charge on any atom is -0.326 e. The second-order valence-corrected chi connectivity index (χ2v) is 6.97. The van der Waals surface area contributed by atoms with E-state index in [-0.39, 0.29) is 29.4 Å². The molecule has 8 nitrogen and oxygen atoms in total. The first-order chi connectivity index (χ1) is 14.4. The summed E-state index contributed by atoms with van der Waals surface area (Å²) in [5.74, 6) is -2.45. The van der Waals surface area contributed by atoms with E-state index in [1.807, 2.05) is 31.2 Å². The van der Waals surface area contributed by atoms with Gasteiger partial charge in [0.1, 0.15) is 11.6 Å². The Kier molecular flexibility index (Phi) is 5.01. The van der Waals surface area contributed by atoms with Gasteiger partial charge in [0.05, 0.1) is 11.5 Å². The van der Waals surface area contributed by atoms with Gasteiger partial charge in [-0.3, -0.25) is 19.4 Å². The van der Waals surface area contributed by atoms with Gasteiger partial charge in [-0.15, -0.1) is 0 Å². The number of aromatic nitrogens is 2. The van der Waals surface area contributed by atoms with Crippen LogP contribution in [0.3, 0.4) is 0 Å². The Balaban J connectivity index is 1.63. The lowest BCUT2D eigenvalue weighted by atomic mass is 9.92. The minimum absolute atomic E-state index is 0.0176. The summed E-state index contributed by atoms with van der Waals surface area (Å²) in [6.07, 6.45) is -0.219. The largest absolute Gasteiger partial charge is 0.326 e. The monoisotopic (exact) mass is 407 g/mol. The van der Waals surface area contributed by atoms with Crippen molar-refractivity contribution < 1.29 is 14.0 Å². The lowest BCUT2D eigenvalue weighted by Gasteiger charge is -2.23. The fourth-order valence-electron chi connectivity index (χ4n) is 3.22. The van der Waals surface area contributed by atoms with Crippen molar-refractivity contribution in [3.63, 3.8) is 0 Å². The lowest BCUT2D eigenvalue weighted by molar-refractivity contribution is -0.123. The highest BCUT2D eigenvalue weighted by molar-refractivity contribution is 6.04. The molecule has 2 heterocycles. The van der Waals surface area contributed by atoms with Crippen LogP contribution in [-0.4, -0.2) is 21.8 Å². The normalized spacial score (nSPS) is 15.1. The van der Waals surface area contributed by atoms with Gasteiger partial charge in [-0.05, 0) is 37.3 Å². The van der Waals surface area contributed by atoms with Crippen LogP contribution < -0.4 is 21.5 Å². The molecule has 1 atom stereocenters. The Morgan fingerprint density at radius 2 is 1.90 bits per heavy atom. The van der Waals surface area contributed by atoms with Crippen molar-refractivity contribution in [3.05, 3.63) is 75.8 Å². The van der Waals surface area contributed by atoms with Crippen molar-refractivity contribution in [2.24, 2.45) is 0 Å². The Labute approximate surface area is 170 Å². The molecule has 30 heavy (non-hydrogen) atoms. The van der Waals surface area contributed by atoms with Crippen molar-refractivity contribution in [2.45, 2.75) is 19.3 Å². The summed E-state index contributed by atoms with van der Waals surface area (Å²) < 4.78 is 13.4. The lowest BCUT2D eigenvalue weighted by Crippen LogP contribution is -2.36. The molecule has 2 aromatic carbocycles. The zero-order valence-corrected chi connectivity index (χ0v) is 16.0. The van der Waals surface area contributed by atoms with E-state index in [1.54, 1.807) is 0 Å². The van der Waals surface area contributed by atoms with Gasteiger partial charge in [-0.1, -0.05) is 23.8 Å². The summed E-state index contributed by atoms with van der Waals surface area (Å²) in [7, 11) is 0. The Morgan fingerprint density at radius 3 is 2.63 bits per heavy atom. The van der Waals surface area contributed by atoms with E-state index in [0.717, 1.165) is 11.6 Å². The third kappa shape index (κ3) is 4.04. The van der Waals surface area contributed by atoms with Gasteiger partial charge in [0, 0.05) is 17.8 Å². The van der Waals surface area contributed by atoms with Gasteiger partial charge in [0.15, 0.2) is 0 Å². The molecule has 9 heteroatoms. The van der Waals surface area contributed by atoms with Gasteiger partial charge in [-0.25, -0.2) is 4.39 Å². The number of nitrogens with zero attached hydrogens (tertiary/aromatic N) is 1. The summed E-state index contributed by atoms with van der Waals surface area (Å²) in [6, 6.07) is 12.8. The predicted molar refractivity (Wildman–Crippen MR) is 110 cm³/mol. The molecule has 0 aliphatic carbocycles. The summed E-state index contributed by atoms with van der Waals surface area (Å²) >= 11 is 0. The second kappa shape index (κ2) is 7.78. The van der Waals surface area contributed by atoms with Crippen LogP contribution in [0.25, 0.3) is 0 Å². The topological polar surface area (TPSA) is 116 Å². The van der Waals surface area contributed by atoms with Crippen LogP contribution in [-0.2, 0) is 9.59 Å². The Hall–Kier alpha value is -4.01. The molecule has 1 aliphatic heterocycles. The number of aryl methyl sites for hydroxylation is 1. The number of hydrogen-bond donors (Lipinski definition) is 4. The van der Waals surface area contributed by atoms with Gasteiger partial charge in [0.25, 0.3) is 5.56 Å². The summed E-state index contributed by atoms with van der Waals surface area (Å²) in [5, 5.41) is 8.06. The van der Waals surface area contributed by atoms with Crippen molar-refractivity contribution >= 4 is 35.0 Å². The smallest absolute Gasteiger partial charge is 0.258 e. The van der Waals surface area contributed by atoms with Crippen molar-refractivity contribution in [2.75, 3.05) is 16.0 Å². The maximum Gasteiger partial charge on any atom is 0.258 e. The van der Waals surface area contributed by atoms with Crippen molar-refractivity contribution in [1.82, 2.24) is 9.97 Å². The van der Waals surface area contributed by atoms with Crippen LogP contribution in [0.15, 0.2) is 53.3 Å². The first-order valence-electron chi connectivity index (χ1n) is 9.23. The molecular weight excluding hydrogens is 389 g/mol. The predicted octanol–water partition coefficient (Wildman–Crippen LogP) is 3.03. The maximum atomic E-state index is 13.4. The Morgan fingerprint density at radius 1 is 1.13 bits per heavy atom. The molecular formula is C21H18FN5O3. The molecule has 0 bridgehead atoms. The van der Waals surface area contributed by atoms with Crippen LogP contribution >= 0.6 is 0 Å². The van der Waals surface area contributed by atoms with E-state index in [0.29, 0.717) is 5.69 Å². The summed E-state index contributed by atoms with van der Waals surface area (Å²) in [6.45, 7) is 1.95. The number of amides is 2. The first kappa shape index (κ1) is 19.3. The third-order valence-electron chi connectivity index (χ3n) is 4.67. The van der Waals surface area contributed by atoms with Gasteiger partial charge in [-0.2, -0.15) is 4.98 Å². The molecule has 0 radical (unpaired) electrons. The highest BCUT2D eigenvalue weighted by Gasteiger charge is 2.34. The molecule has 1 aromatic heterocycles. The minimum atomic E-state index is -1.05. The molecule has 4 rings (SSSR count). The standard InChI is InChI=1S/C21H18FN5O3/c1-11-5-7-13(8-6-11)24-21-26-18-17(20(30)27-21)15(10-16(28)25-18)19(29)23-14-4-2-3-12(22)9-14/h2-9,15H,10H2,1H3,(H,23,29)(H3,24,25,26,27,28,30). The zero-order chi connectivity index (χ0) is 21.3. The maximum absolute atomic E-state index is 13.4. The second-order valence-electron chi connectivity index (χ2n) is 6.97. The highest BCUT2D eigenvalue weighted by atomic mass is 19.1. The van der Waals surface area contributed by atoms with Crippen LogP contribution in [0.2, 0.25) is 0 Å². The number of carbonyl (C=O) groups excluding carboxylic acids is 2. The number of rotatable bonds is 4. The number of benzene rings is 2. The molecule has 0 fully saturated rings. The fourth-order valence-corrected chi connectivity index (χ4v) is 3.22. The molecule has 2 amide bonds. The molecule has 1 unspecified atom stereocenters. The van der Waals surface area contributed by atoms with E-state index >= 15 is 0 Å². The van der Waals surface area contributed by atoms with Crippen LogP contribution in [0, 0.1) is 12.7 Å². The average molecular weight is 407 g/mol. The van der Waals surface area contributed by atoms with Crippen molar-refractivity contribution in [1.29, 1.82) is 0 Å². The van der Waals surface area contributed by atoms with Gasteiger partial charge < -0.3 is 16.0 Å². The van der Waals surface area contributed by atoms with Gasteiger partial charge in [0.2, 0.25) is 17.8 Å². The zero-order valence-electron chi connectivity index (χ0n) is 16.0. The van der Waals surface area contributed by atoms with E-state index in [4.69, 9.17) is 0 Å². The van der Waals surface area contributed by atoms with Crippen LogP contribution in [0.4, 0.5) is 27.5 Å². The van der Waals surface area contributed by atoms with Crippen molar-refractivity contribution in [3.8, 4) is 0 Å². The van der Waals surface area contributed by atoms with E-state index in [1.165, 1.54) is 18.2 Å². The number of H-pyrrole nitrogens is 1. The van der Waals surface area contributed by atoms with Gasteiger partial charge >= 0.3 is 0 Å². The number of anilines is 4. The molecule has 3 aromatic rings. The molecule has 152 valence electrons. The Bertz CT molecular complexity index is 1190. The quantitative estimate of drug-likeness (QED) is 0.531. The molecule has 4 N–H and O–H groups in total. The summed E-state index contributed by atoms with van der Waals surface area (Å²) in [4.78, 5) is 44.5.